The van der Waals surface area contributed by atoms with Crippen molar-refractivity contribution in [1.29, 1.82) is 0 Å². The Balaban J connectivity index is 1.68. The minimum Gasteiger partial charge on any atom is -0.352 e. The Labute approximate surface area is 227 Å². The fourth-order valence-electron chi connectivity index (χ4n) is 4.66. The van der Waals surface area contributed by atoms with Crippen molar-refractivity contribution in [3.63, 3.8) is 0 Å². The molecule has 0 radical (unpaired) electrons. The van der Waals surface area contributed by atoms with Crippen LogP contribution in [0, 0.1) is 0 Å². The number of nitrogens with one attached hydrogen (secondary N) is 1. The molecule has 0 saturated heterocycles. The number of hydrogen-bond donors (Lipinski definition) is 1. The topological polar surface area (TPSA) is 49.4 Å². The van der Waals surface area contributed by atoms with Gasteiger partial charge in [-0.2, -0.15) is 0 Å². The van der Waals surface area contributed by atoms with Gasteiger partial charge in [-0.05, 0) is 47.7 Å². The van der Waals surface area contributed by atoms with Crippen LogP contribution in [0.1, 0.15) is 42.4 Å². The Morgan fingerprint density at radius 1 is 0.833 bits per heavy atom. The van der Waals surface area contributed by atoms with Gasteiger partial charge in [0.15, 0.2) is 0 Å². The maximum absolute atomic E-state index is 13.8. The summed E-state index contributed by atoms with van der Waals surface area (Å²) in [6.45, 7) is 0.218. The Hall–Kier alpha value is -2.53. The van der Waals surface area contributed by atoms with E-state index in [0.29, 0.717) is 21.5 Å². The van der Waals surface area contributed by atoms with Crippen LogP contribution in [-0.2, 0) is 29.0 Å². The van der Waals surface area contributed by atoms with Crippen molar-refractivity contribution in [3.8, 4) is 0 Å². The van der Waals surface area contributed by atoms with Gasteiger partial charge in [0.2, 0.25) is 11.8 Å². The van der Waals surface area contributed by atoms with Gasteiger partial charge in [-0.3, -0.25) is 9.59 Å². The maximum Gasteiger partial charge on any atom is 0.243 e. The average molecular weight is 544 g/mol. The predicted octanol–water partition coefficient (Wildman–Crippen LogP) is 6.89. The summed E-state index contributed by atoms with van der Waals surface area (Å²) in [5, 5.41) is 4.58. The van der Waals surface area contributed by atoms with Crippen LogP contribution in [0.5, 0.6) is 0 Å². The first kappa shape index (κ1) is 26.5. The Kier molecular flexibility index (Phi) is 9.30. The highest BCUT2D eigenvalue weighted by Gasteiger charge is 2.32. The molecule has 2 amide bonds. The van der Waals surface area contributed by atoms with Crippen LogP contribution in [0.2, 0.25) is 15.1 Å². The molecule has 0 aromatic heterocycles. The predicted molar refractivity (Wildman–Crippen MR) is 147 cm³/mol. The van der Waals surface area contributed by atoms with E-state index in [1.807, 2.05) is 54.6 Å². The third kappa shape index (κ3) is 7.03. The molecule has 1 aliphatic rings. The number of amides is 2. The van der Waals surface area contributed by atoms with E-state index in [4.69, 9.17) is 34.8 Å². The molecular formula is C29H29Cl3N2O2. The van der Waals surface area contributed by atoms with Crippen LogP contribution in [0.3, 0.4) is 0 Å². The minimum absolute atomic E-state index is 0.0863. The van der Waals surface area contributed by atoms with Crippen molar-refractivity contribution in [2.24, 2.45) is 0 Å². The van der Waals surface area contributed by atoms with Crippen LogP contribution < -0.4 is 5.32 Å². The van der Waals surface area contributed by atoms with Crippen LogP contribution >= 0.6 is 34.8 Å². The molecular weight excluding hydrogens is 515 g/mol. The molecule has 0 aliphatic heterocycles. The third-order valence-electron chi connectivity index (χ3n) is 6.61. The Morgan fingerprint density at radius 2 is 1.53 bits per heavy atom. The van der Waals surface area contributed by atoms with E-state index in [2.05, 4.69) is 5.32 Å². The first-order valence-electron chi connectivity index (χ1n) is 12.2. The highest BCUT2D eigenvalue weighted by molar-refractivity contribution is 6.42. The van der Waals surface area contributed by atoms with Gasteiger partial charge >= 0.3 is 0 Å². The highest BCUT2D eigenvalue weighted by atomic mass is 35.5. The zero-order chi connectivity index (χ0) is 25.5. The third-order valence-corrected chi connectivity index (χ3v) is 7.72. The van der Waals surface area contributed by atoms with Crippen LogP contribution in [0.15, 0.2) is 72.8 Å². The number of benzene rings is 3. The van der Waals surface area contributed by atoms with E-state index in [1.54, 1.807) is 23.1 Å². The summed E-state index contributed by atoms with van der Waals surface area (Å²) in [5.41, 5.74) is 2.50. The molecule has 188 valence electrons. The average Bonchev–Trinajstić information content (AvgIpc) is 3.38. The van der Waals surface area contributed by atoms with Crippen molar-refractivity contribution in [3.05, 3.63) is 105 Å². The lowest BCUT2D eigenvalue weighted by Gasteiger charge is -2.32. The Bertz CT molecular complexity index is 1200. The summed E-state index contributed by atoms with van der Waals surface area (Å²) in [7, 11) is 0. The lowest BCUT2D eigenvalue weighted by atomic mass is 10.0. The SMILES string of the molecule is O=C(NC1CCCC1)C(Cc1ccccc1)N(Cc1ccc(Cl)c(Cl)c1)C(=O)Cc1ccccc1Cl. The molecule has 3 aromatic carbocycles. The summed E-state index contributed by atoms with van der Waals surface area (Å²) >= 11 is 18.8. The molecule has 4 nitrogen and oxygen atoms in total. The monoisotopic (exact) mass is 542 g/mol. The van der Waals surface area contributed by atoms with Gasteiger partial charge in [0.05, 0.1) is 16.5 Å². The number of rotatable bonds is 9. The largest absolute Gasteiger partial charge is 0.352 e. The van der Waals surface area contributed by atoms with Gasteiger partial charge in [-0.1, -0.05) is 102 Å². The van der Waals surface area contributed by atoms with Crippen molar-refractivity contribution in [2.45, 2.75) is 57.2 Å². The first-order valence-corrected chi connectivity index (χ1v) is 13.3. The fourth-order valence-corrected chi connectivity index (χ4v) is 5.19. The molecule has 3 aromatic rings. The van der Waals surface area contributed by atoms with E-state index < -0.39 is 6.04 Å². The molecule has 0 spiro atoms. The molecule has 1 atom stereocenters. The second-order valence-corrected chi connectivity index (χ2v) is 10.5. The number of carbonyl (C=O) groups is 2. The lowest BCUT2D eigenvalue weighted by molar-refractivity contribution is -0.141. The van der Waals surface area contributed by atoms with E-state index in [-0.39, 0.29) is 30.8 Å². The highest BCUT2D eigenvalue weighted by Crippen LogP contribution is 2.26. The minimum atomic E-state index is -0.697. The van der Waals surface area contributed by atoms with Crippen molar-refractivity contribution >= 4 is 46.6 Å². The molecule has 36 heavy (non-hydrogen) atoms. The summed E-state index contributed by atoms with van der Waals surface area (Å²) in [6, 6.07) is 21.8. The smallest absolute Gasteiger partial charge is 0.243 e. The molecule has 1 aliphatic carbocycles. The second kappa shape index (κ2) is 12.6. The van der Waals surface area contributed by atoms with Crippen LogP contribution in [-0.4, -0.2) is 28.8 Å². The number of hydrogen-bond acceptors (Lipinski definition) is 2. The molecule has 7 heteroatoms. The zero-order valence-corrected chi connectivity index (χ0v) is 22.2. The standard InChI is InChI=1S/C29H29Cl3N2O2/c30-24-13-7-4-10-22(24)18-28(35)34(19-21-14-15-25(31)26(32)16-21)27(17-20-8-2-1-3-9-20)29(36)33-23-11-5-6-12-23/h1-4,7-10,13-16,23,27H,5-6,11-12,17-19H2,(H,33,36). The number of halogens is 3. The van der Waals surface area contributed by atoms with Crippen LogP contribution in [0.4, 0.5) is 0 Å². The Morgan fingerprint density at radius 3 is 2.22 bits per heavy atom. The number of nitrogens with zero attached hydrogens (tertiary/aromatic N) is 1. The summed E-state index contributed by atoms with van der Waals surface area (Å²) in [5.74, 6) is -0.324. The van der Waals surface area contributed by atoms with Crippen molar-refractivity contribution in [2.75, 3.05) is 0 Å². The molecule has 0 bridgehead atoms. The summed E-state index contributed by atoms with van der Waals surface area (Å²) < 4.78 is 0. The maximum atomic E-state index is 13.8. The van der Waals surface area contributed by atoms with Crippen molar-refractivity contribution in [1.82, 2.24) is 10.2 Å². The quantitative estimate of drug-likeness (QED) is 0.319. The van der Waals surface area contributed by atoms with Crippen LogP contribution in [0.25, 0.3) is 0 Å². The zero-order valence-electron chi connectivity index (χ0n) is 19.9. The van der Waals surface area contributed by atoms with Gasteiger partial charge in [0.1, 0.15) is 6.04 Å². The van der Waals surface area contributed by atoms with E-state index in [9.17, 15) is 9.59 Å². The molecule has 1 saturated carbocycles. The molecule has 1 unspecified atom stereocenters. The van der Waals surface area contributed by atoms with E-state index in [0.717, 1.165) is 42.4 Å². The van der Waals surface area contributed by atoms with Crippen molar-refractivity contribution < 1.29 is 9.59 Å². The summed E-state index contributed by atoms with van der Waals surface area (Å²) in [4.78, 5) is 29.2. The summed E-state index contributed by atoms with van der Waals surface area (Å²) in [6.07, 6.45) is 4.62. The second-order valence-electron chi connectivity index (χ2n) is 9.23. The molecule has 1 fully saturated rings. The van der Waals surface area contributed by atoms with Gasteiger partial charge in [-0.15, -0.1) is 0 Å². The van der Waals surface area contributed by atoms with E-state index >= 15 is 0 Å². The van der Waals surface area contributed by atoms with Gasteiger partial charge < -0.3 is 10.2 Å². The first-order chi connectivity index (χ1) is 17.4. The van der Waals surface area contributed by atoms with Gasteiger partial charge in [0.25, 0.3) is 0 Å². The molecule has 0 heterocycles. The lowest BCUT2D eigenvalue weighted by Crippen LogP contribution is -2.52. The number of carbonyl (C=O) groups excluding carboxylic acids is 2. The van der Waals surface area contributed by atoms with E-state index in [1.165, 1.54) is 0 Å². The van der Waals surface area contributed by atoms with Gasteiger partial charge in [0, 0.05) is 24.0 Å². The normalized spacial score (nSPS) is 14.4. The fraction of sp³-hybridized carbons (Fsp3) is 0.310. The molecule has 1 N–H and O–H groups in total. The molecule has 4 rings (SSSR count). The van der Waals surface area contributed by atoms with Gasteiger partial charge in [-0.25, -0.2) is 0 Å².